The lowest BCUT2D eigenvalue weighted by Gasteiger charge is -2.29. The summed E-state index contributed by atoms with van der Waals surface area (Å²) in [5, 5.41) is 5.83. The molecule has 2 aliphatic heterocycles. The van der Waals surface area contributed by atoms with E-state index in [9.17, 15) is 14.4 Å². The normalized spacial score (nSPS) is 14.2. The van der Waals surface area contributed by atoms with Crippen LogP contribution in [0.25, 0.3) is 0 Å². The van der Waals surface area contributed by atoms with E-state index in [2.05, 4.69) is 10.6 Å². The third-order valence-corrected chi connectivity index (χ3v) is 5.55. The number of ether oxygens (including phenoxy) is 2. The number of hydrogen-bond acceptors (Lipinski definition) is 5. The molecule has 33 heavy (non-hydrogen) atoms. The highest BCUT2D eigenvalue weighted by atomic mass is 35.5. The molecule has 2 heterocycles. The van der Waals surface area contributed by atoms with Gasteiger partial charge in [-0.15, -0.1) is 0 Å². The van der Waals surface area contributed by atoms with Gasteiger partial charge in [0.25, 0.3) is 11.8 Å². The number of carbonyl (C=O) groups is 3. The molecule has 5 rings (SSSR count). The maximum atomic E-state index is 13.1. The Morgan fingerprint density at radius 1 is 0.970 bits per heavy atom. The summed E-state index contributed by atoms with van der Waals surface area (Å²) >= 11 is 6.21. The van der Waals surface area contributed by atoms with Crippen molar-refractivity contribution in [3.63, 3.8) is 0 Å². The minimum absolute atomic E-state index is 0.0702. The van der Waals surface area contributed by atoms with Gasteiger partial charge in [0.1, 0.15) is 19.8 Å². The Morgan fingerprint density at radius 2 is 1.73 bits per heavy atom. The predicted octanol–water partition coefficient (Wildman–Crippen LogP) is 3.96. The van der Waals surface area contributed by atoms with Crippen LogP contribution in [0.4, 0.5) is 17.1 Å². The second kappa shape index (κ2) is 8.48. The van der Waals surface area contributed by atoms with Crippen LogP contribution in [-0.4, -0.2) is 37.5 Å². The van der Waals surface area contributed by atoms with Crippen LogP contribution in [0.2, 0.25) is 5.02 Å². The number of benzene rings is 3. The quantitative estimate of drug-likeness (QED) is 0.612. The van der Waals surface area contributed by atoms with E-state index in [4.69, 9.17) is 21.1 Å². The number of amides is 3. The Morgan fingerprint density at radius 3 is 2.55 bits per heavy atom. The van der Waals surface area contributed by atoms with Crippen molar-refractivity contribution in [2.24, 2.45) is 0 Å². The number of nitrogens with zero attached hydrogens (tertiary/aromatic N) is 1. The zero-order valence-corrected chi connectivity index (χ0v) is 18.0. The Bertz CT molecular complexity index is 1280. The van der Waals surface area contributed by atoms with Crippen LogP contribution in [0.3, 0.4) is 0 Å². The molecule has 3 amide bonds. The lowest BCUT2D eigenvalue weighted by Crippen LogP contribution is -2.42. The second-order valence-electron chi connectivity index (χ2n) is 7.47. The fourth-order valence-corrected chi connectivity index (χ4v) is 3.98. The number of nitrogens with one attached hydrogen (secondary N) is 2. The molecule has 2 N–H and O–H groups in total. The first-order valence-corrected chi connectivity index (χ1v) is 10.6. The van der Waals surface area contributed by atoms with Gasteiger partial charge >= 0.3 is 0 Å². The van der Waals surface area contributed by atoms with Gasteiger partial charge in [-0.25, -0.2) is 0 Å². The summed E-state index contributed by atoms with van der Waals surface area (Å²) in [6.07, 6.45) is 0. The Hall–Kier alpha value is -4.04. The average molecular weight is 464 g/mol. The molecule has 0 aliphatic carbocycles. The Balaban J connectivity index is 1.32. The molecule has 0 aromatic heterocycles. The predicted molar refractivity (Wildman–Crippen MR) is 124 cm³/mol. The third kappa shape index (κ3) is 4.08. The van der Waals surface area contributed by atoms with E-state index < -0.39 is 0 Å². The van der Waals surface area contributed by atoms with Gasteiger partial charge in [0, 0.05) is 16.8 Å². The monoisotopic (exact) mass is 463 g/mol. The zero-order valence-electron chi connectivity index (χ0n) is 17.3. The van der Waals surface area contributed by atoms with Gasteiger partial charge in [-0.2, -0.15) is 0 Å². The van der Waals surface area contributed by atoms with Crippen LogP contribution in [0, 0.1) is 0 Å². The second-order valence-corrected chi connectivity index (χ2v) is 7.88. The molecule has 0 radical (unpaired) electrons. The minimum Gasteiger partial charge on any atom is -0.486 e. The average Bonchev–Trinajstić information content (AvgIpc) is 2.83. The number of para-hydroxylation sites is 2. The van der Waals surface area contributed by atoms with Crippen molar-refractivity contribution in [3.05, 3.63) is 76.8 Å². The maximum absolute atomic E-state index is 13.1. The summed E-state index contributed by atoms with van der Waals surface area (Å²) in [4.78, 5) is 39.2. The SMILES string of the molecule is O=C1CN(C(=O)c2ccc(NC(=O)c3cc(Cl)c4c(c3)OCCO4)cc2)c2ccccc2N1. The molecular formula is C24H18ClN3O5. The molecule has 9 heteroatoms. The molecule has 0 saturated carbocycles. The number of halogens is 1. The molecule has 0 unspecified atom stereocenters. The zero-order chi connectivity index (χ0) is 22.9. The Kier molecular flexibility index (Phi) is 5.35. The highest BCUT2D eigenvalue weighted by Gasteiger charge is 2.27. The molecule has 0 fully saturated rings. The van der Waals surface area contributed by atoms with Crippen molar-refractivity contribution in [2.75, 3.05) is 35.3 Å². The van der Waals surface area contributed by atoms with Crippen LogP contribution in [0.15, 0.2) is 60.7 Å². The van der Waals surface area contributed by atoms with Crippen LogP contribution >= 0.6 is 11.6 Å². The van der Waals surface area contributed by atoms with Crippen molar-refractivity contribution in [1.82, 2.24) is 0 Å². The fourth-order valence-electron chi connectivity index (χ4n) is 3.71. The first-order chi connectivity index (χ1) is 16.0. The fraction of sp³-hybridized carbons (Fsp3) is 0.125. The van der Waals surface area contributed by atoms with Crippen molar-refractivity contribution >= 4 is 46.4 Å². The smallest absolute Gasteiger partial charge is 0.258 e. The van der Waals surface area contributed by atoms with E-state index in [0.29, 0.717) is 57.9 Å². The lowest BCUT2D eigenvalue weighted by atomic mass is 10.1. The molecule has 0 bridgehead atoms. The molecule has 0 spiro atoms. The molecule has 3 aromatic carbocycles. The van der Waals surface area contributed by atoms with Gasteiger partial charge in [-0.1, -0.05) is 23.7 Å². The van der Waals surface area contributed by atoms with Crippen molar-refractivity contribution in [2.45, 2.75) is 0 Å². The van der Waals surface area contributed by atoms with Gasteiger partial charge in [0.15, 0.2) is 11.5 Å². The highest BCUT2D eigenvalue weighted by Crippen LogP contribution is 2.38. The van der Waals surface area contributed by atoms with E-state index in [1.165, 1.54) is 11.0 Å². The van der Waals surface area contributed by atoms with Gasteiger partial charge < -0.3 is 20.1 Å². The van der Waals surface area contributed by atoms with E-state index in [0.717, 1.165) is 0 Å². The number of fused-ring (bicyclic) bond motifs is 2. The number of rotatable bonds is 3. The Labute approximate surface area is 194 Å². The summed E-state index contributed by atoms with van der Waals surface area (Å²) in [7, 11) is 0. The molecular weight excluding hydrogens is 446 g/mol. The van der Waals surface area contributed by atoms with Crippen molar-refractivity contribution in [3.8, 4) is 11.5 Å². The molecule has 3 aromatic rings. The summed E-state index contributed by atoms with van der Waals surface area (Å²) in [5.74, 6) is -0.103. The van der Waals surface area contributed by atoms with E-state index in [1.807, 2.05) is 0 Å². The van der Waals surface area contributed by atoms with Crippen LogP contribution in [-0.2, 0) is 4.79 Å². The minimum atomic E-state index is -0.380. The van der Waals surface area contributed by atoms with E-state index >= 15 is 0 Å². The highest BCUT2D eigenvalue weighted by molar-refractivity contribution is 6.32. The standard InChI is InChI=1S/C24H18ClN3O5/c25-17-11-15(12-20-22(17)33-10-9-32-20)23(30)26-16-7-5-14(6-8-16)24(31)28-13-21(29)27-18-3-1-2-4-19(18)28/h1-8,11-12H,9-10,13H2,(H,26,30)(H,27,29). The molecule has 0 saturated heterocycles. The van der Waals surface area contributed by atoms with Crippen molar-refractivity contribution < 1.29 is 23.9 Å². The summed E-state index contributed by atoms with van der Waals surface area (Å²) < 4.78 is 11.0. The van der Waals surface area contributed by atoms with Gasteiger partial charge in [-0.3, -0.25) is 19.3 Å². The van der Waals surface area contributed by atoms with Crippen LogP contribution in [0.1, 0.15) is 20.7 Å². The van der Waals surface area contributed by atoms with Gasteiger partial charge in [0.2, 0.25) is 5.91 Å². The maximum Gasteiger partial charge on any atom is 0.258 e. The van der Waals surface area contributed by atoms with Gasteiger partial charge in [0.05, 0.1) is 16.4 Å². The van der Waals surface area contributed by atoms with Gasteiger partial charge in [-0.05, 0) is 48.5 Å². The third-order valence-electron chi connectivity index (χ3n) is 5.26. The summed E-state index contributed by atoms with van der Waals surface area (Å²) in [6, 6.07) is 16.7. The summed E-state index contributed by atoms with van der Waals surface area (Å²) in [6.45, 7) is 0.712. The molecule has 2 aliphatic rings. The first-order valence-electron chi connectivity index (χ1n) is 10.2. The van der Waals surface area contributed by atoms with Crippen LogP contribution < -0.4 is 25.0 Å². The number of hydrogen-bond donors (Lipinski definition) is 2. The van der Waals surface area contributed by atoms with E-state index in [-0.39, 0.29) is 24.3 Å². The van der Waals surface area contributed by atoms with Crippen LogP contribution in [0.5, 0.6) is 11.5 Å². The molecule has 166 valence electrons. The lowest BCUT2D eigenvalue weighted by molar-refractivity contribution is -0.115. The number of anilines is 3. The molecule has 8 nitrogen and oxygen atoms in total. The van der Waals surface area contributed by atoms with E-state index in [1.54, 1.807) is 54.6 Å². The summed E-state index contributed by atoms with van der Waals surface area (Å²) in [5.41, 5.74) is 2.43. The molecule has 0 atom stereocenters. The number of carbonyl (C=O) groups excluding carboxylic acids is 3. The first kappa shape index (κ1) is 20.8. The van der Waals surface area contributed by atoms with Crippen molar-refractivity contribution in [1.29, 1.82) is 0 Å². The largest absolute Gasteiger partial charge is 0.486 e. The topological polar surface area (TPSA) is 97.0 Å².